The highest BCUT2D eigenvalue weighted by Crippen LogP contribution is 2.39. The molecule has 0 unspecified atom stereocenters. The summed E-state index contributed by atoms with van der Waals surface area (Å²) in [7, 11) is 0. The molecule has 4 rings (SSSR count). The smallest absolute Gasteiger partial charge is 0.246 e. The summed E-state index contributed by atoms with van der Waals surface area (Å²) >= 11 is 3.69. The molecule has 6 nitrogen and oxygen atoms in total. The maximum atomic E-state index is 12.3. The first-order valence-corrected chi connectivity index (χ1v) is 9.65. The molecule has 7 heteroatoms. The van der Waals surface area contributed by atoms with E-state index in [-0.39, 0.29) is 17.7 Å². The molecule has 0 spiro atoms. The molecule has 1 saturated heterocycles. The molecule has 0 radical (unpaired) electrons. The molecule has 1 aliphatic heterocycles. The molecule has 0 aliphatic carbocycles. The third-order valence-corrected chi connectivity index (χ3v) is 5.85. The van der Waals surface area contributed by atoms with E-state index >= 15 is 0 Å². The number of fused-ring (bicyclic) bond motifs is 1. The van der Waals surface area contributed by atoms with Crippen molar-refractivity contribution in [3.8, 4) is 17.0 Å². The van der Waals surface area contributed by atoms with Crippen LogP contribution in [0.2, 0.25) is 0 Å². The van der Waals surface area contributed by atoms with Gasteiger partial charge in [0.25, 0.3) is 0 Å². The lowest BCUT2D eigenvalue weighted by Gasteiger charge is -2.34. The predicted octanol–water partition coefficient (Wildman–Crippen LogP) is 4.33. The Kier molecular flexibility index (Phi) is 4.70. The number of phenolic OH excluding ortho intramolecular Hbond substituents is 1. The number of piperidine rings is 1. The van der Waals surface area contributed by atoms with E-state index in [0.29, 0.717) is 23.4 Å². The molecule has 2 N–H and O–H groups in total. The van der Waals surface area contributed by atoms with Crippen molar-refractivity contribution in [3.63, 3.8) is 0 Å². The largest absolute Gasteiger partial charge is 0.507 e. The van der Waals surface area contributed by atoms with Gasteiger partial charge < -0.3 is 15.0 Å². The van der Waals surface area contributed by atoms with Gasteiger partial charge >= 0.3 is 0 Å². The van der Waals surface area contributed by atoms with Gasteiger partial charge in [0.05, 0.1) is 21.9 Å². The van der Waals surface area contributed by atoms with Crippen LogP contribution < -0.4 is 0 Å². The van der Waals surface area contributed by atoms with Crippen LogP contribution in [-0.4, -0.2) is 37.6 Å². The van der Waals surface area contributed by atoms with Crippen molar-refractivity contribution < 1.29 is 9.90 Å². The minimum absolute atomic E-state index is 0.0543. The zero-order valence-corrected chi connectivity index (χ0v) is 16.2. The van der Waals surface area contributed by atoms with Crippen LogP contribution in [0.5, 0.6) is 5.75 Å². The molecule has 2 aromatic heterocycles. The first-order chi connectivity index (χ1) is 13.1. The zero-order valence-electron chi connectivity index (χ0n) is 14.7. The first kappa shape index (κ1) is 17.7. The third-order valence-electron chi connectivity index (χ3n) is 4.99. The number of halogens is 1. The van der Waals surface area contributed by atoms with Crippen molar-refractivity contribution in [2.24, 2.45) is 0 Å². The average Bonchev–Trinajstić information content (AvgIpc) is 3.03. The second kappa shape index (κ2) is 7.15. The van der Waals surface area contributed by atoms with Gasteiger partial charge in [-0.25, -0.2) is 0 Å². The normalized spacial score (nSPS) is 17.2. The minimum atomic E-state index is -0.0637. The molecule has 1 atom stereocenters. The molecule has 0 saturated carbocycles. The Balaban J connectivity index is 1.79. The van der Waals surface area contributed by atoms with Gasteiger partial charge in [0, 0.05) is 17.5 Å². The first-order valence-electron chi connectivity index (χ1n) is 8.86. The Morgan fingerprint density at radius 2 is 2.15 bits per heavy atom. The number of carbonyl (C=O) groups excluding carboxylic acids is 1. The summed E-state index contributed by atoms with van der Waals surface area (Å²) in [6.07, 6.45) is 4.29. The number of hydrogen-bond donors (Lipinski definition) is 2. The highest BCUT2D eigenvalue weighted by atomic mass is 79.9. The van der Waals surface area contributed by atoms with Crippen molar-refractivity contribution in [2.45, 2.75) is 25.3 Å². The van der Waals surface area contributed by atoms with Crippen LogP contribution in [0.4, 0.5) is 0 Å². The van der Waals surface area contributed by atoms with Crippen LogP contribution in [0, 0.1) is 0 Å². The highest BCUT2D eigenvalue weighted by molar-refractivity contribution is 9.10. The number of aromatic nitrogens is 3. The van der Waals surface area contributed by atoms with E-state index < -0.39 is 0 Å². The standard InChI is InChI=1S/C20H19BrN4O2/c1-2-17(27)25-10-6-5-8-15(25)19-18(21)13-11-14(23-24-20(13)22-19)12-7-3-4-9-16(12)26/h2-4,7,9,11,15,26H,1,5-6,8,10H2,(H,22,24)/t15-/m0/s1. The van der Waals surface area contributed by atoms with Crippen LogP contribution in [0.15, 0.2) is 47.5 Å². The van der Waals surface area contributed by atoms with Crippen LogP contribution >= 0.6 is 15.9 Å². The summed E-state index contributed by atoms with van der Waals surface area (Å²) < 4.78 is 0.873. The fourth-order valence-corrected chi connectivity index (χ4v) is 4.31. The van der Waals surface area contributed by atoms with Gasteiger partial charge in [0.15, 0.2) is 5.65 Å². The Hall–Kier alpha value is -2.67. The molecule has 1 amide bonds. The zero-order chi connectivity index (χ0) is 19.0. The molecule has 1 fully saturated rings. The SMILES string of the molecule is C=CC(=O)N1CCCC[C@H]1c1[nH]c2nnc(-c3ccccc3O)cc2c1Br. The van der Waals surface area contributed by atoms with Gasteiger partial charge in [-0.15, -0.1) is 10.2 Å². The van der Waals surface area contributed by atoms with Gasteiger partial charge in [-0.2, -0.15) is 0 Å². The molecule has 3 aromatic rings. The molecular weight excluding hydrogens is 408 g/mol. The number of amides is 1. The molecule has 138 valence electrons. The topological polar surface area (TPSA) is 82.1 Å². The van der Waals surface area contributed by atoms with Gasteiger partial charge in [0.1, 0.15) is 5.75 Å². The van der Waals surface area contributed by atoms with E-state index in [0.717, 1.165) is 34.8 Å². The lowest BCUT2D eigenvalue weighted by Crippen LogP contribution is -2.37. The van der Waals surface area contributed by atoms with Crippen molar-refractivity contribution in [3.05, 3.63) is 53.2 Å². The molecule has 3 heterocycles. The van der Waals surface area contributed by atoms with Crippen molar-refractivity contribution in [1.82, 2.24) is 20.1 Å². The Bertz CT molecular complexity index is 1030. The third kappa shape index (κ3) is 3.12. The summed E-state index contributed by atoms with van der Waals surface area (Å²) in [5.41, 5.74) is 2.79. The molecule has 1 aromatic carbocycles. The van der Waals surface area contributed by atoms with Gasteiger partial charge in [0.2, 0.25) is 5.91 Å². The number of benzene rings is 1. The number of nitrogens with zero attached hydrogens (tertiary/aromatic N) is 3. The molecule has 27 heavy (non-hydrogen) atoms. The second-order valence-electron chi connectivity index (χ2n) is 6.61. The van der Waals surface area contributed by atoms with E-state index in [1.807, 2.05) is 17.0 Å². The summed E-state index contributed by atoms with van der Waals surface area (Å²) in [6, 6.07) is 8.88. The van der Waals surface area contributed by atoms with Crippen molar-refractivity contribution >= 4 is 32.9 Å². The molecular formula is C20H19BrN4O2. The van der Waals surface area contributed by atoms with Crippen molar-refractivity contribution in [1.29, 1.82) is 0 Å². The Morgan fingerprint density at radius 1 is 1.33 bits per heavy atom. The van der Waals surface area contributed by atoms with Crippen LogP contribution in [0.25, 0.3) is 22.3 Å². The van der Waals surface area contributed by atoms with E-state index in [1.165, 1.54) is 6.08 Å². The number of para-hydroxylation sites is 1. The summed E-state index contributed by atoms with van der Waals surface area (Å²) in [5.74, 6) is 0.0966. The predicted molar refractivity (Wildman–Crippen MR) is 107 cm³/mol. The quantitative estimate of drug-likeness (QED) is 0.610. The average molecular weight is 427 g/mol. The number of aromatic amines is 1. The summed E-state index contributed by atoms with van der Waals surface area (Å²) in [5, 5.41) is 19.5. The number of aromatic hydroxyl groups is 1. The second-order valence-corrected chi connectivity index (χ2v) is 7.40. The van der Waals surface area contributed by atoms with Crippen LogP contribution in [-0.2, 0) is 4.79 Å². The van der Waals surface area contributed by atoms with E-state index in [1.54, 1.807) is 18.2 Å². The Morgan fingerprint density at radius 3 is 2.93 bits per heavy atom. The van der Waals surface area contributed by atoms with Crippen molar-refractivity contribution in [2.75, 3.05) is 6.54 Å². The summed E-state index contributed by atoms with van der Waals surface area (Å²) in [6.45, 7) is 4.34. The van der Waals surface area contributed by atoms with Crippen LogP contribution in [0.3, 0.4) is 0 Å². The maximum Gasteiger partial charge on any atom is 0.246 e. The van der Waals surface area contributed by atoms with Gasteiger partial charge in [-0.3, -0.25) is 4.79 Å². The van der Waals surface area contributed by atoms with Gasteiger partial charge in [-0.05, 0) is 59.5 Å². The van der Waals surface area contributed by atoms with E-state index in [9.17, 15) is 9.90 Å². The summed E-state index contributed by atoms with van der Waals surface area (Å²) in [4.78, 5) is 17.5. The highest BCUT2D eigenvalue weighted by Gasteiger charge is 2.30. The number of likely N-dealkylation sites (tertiary alicyclic amines) is 1. The van der Waals surface area contributed by atoms with E-state index in [4.69, 9.17) is 0 Å². The lowest BCUT2D eigenvalue weighted by molar-refractivity contribution is -0.129. The fraction of sp³-hybridized carbons (Fsp3) is 0.250. The lowest BCUT2D eigenvalue weighted by atomic mass is 9.99. The monoisotopic (exact) mass is 426 g/mol. The number of hydrogen-bond acceptors (Lipinski definition) is 4. The van der Waals surface area contributed by atoms with Crippen LogP contribution in [0.1, 0.15) is 31.0 Å². The number of nitrogens with one attached hydrogen (secondary N) is 1. The van der Waals surface area contributed by atoms with E-state index in [2.05, 4.69) is 37.7 Å². The fourth-order valence-electron chi connectivity index (χ4n) is 3.64. The molecule has 0 bridgehead atoms. The Labute approximate surface area is 165 Å². The molecule has 1 aliphatic rings. The number of H-pyrrole nitrogens is 1. The number of rotatable bonds is 3. The maximum absolute atomic E-state index is 12.3. The number of phenols is 1. The number of carbonyl (C=O) groups is 1. The van der Waals surface area contributed by atoms with Gasteiger partial charge in [-0.1, -0.05) is 18.7 Å². The minimum Gasteiger partial charge on any atom is -0.507 e.